The summed E-state index contributed by atoms with van der Waals surface area (Å²) >= 11 is 0. The van der Waals surface area contributed by atoms with Gasteiger partial charge in [0.15, 0.2) is 0 Å². The van der Waals surface area contributed by atoms with Gasteiger partial charge in [-0.1, -0.05) is 24.3 Å². The molecule has 27 heavy (non-hydrogen) atoms. The highest BCUT2D eigenvalue weighted by Gasteiger charge is 2.42. The van der Waals surface area contributed by atoms with Gasteiger partial charge < -0.3 is 10.4 Å². The molecular weight excluding hydrogens is 368 g/mol. The van der Waals surface area contributed by atoms with E-state index >= 15 is 0 Å². The lowest BCUT2D eigenvalue weighted by Gasteiger charge is -2.24. The van der Waals surface area contributed by atoms with E-state index in [0.717, 1.165) is 17.1 Å². The van der Waals surface area contributed by atoms with Gasteiger partial charge in [0.1, 0.15) is 6.04 Å². The average Bonchev–Trinajstić information content (AvgIpc) is 3.37. The zero-order chi connectivity index (χ0) is 19.2. The zero-order valence-electron chi connectivity index (χ0n) is 14.3. The summed E-state index contributed by atoms with van der Waals surface area (Å²) in [6, 6.07) is 11.4. The minimum absolute atomic E-state index is 0.103. The number of carbonyl (C=O) groups is 2. The Hall–Kier alpha value is -2.87. The molecule has 1 saturated carbocycles. The van der Waals surface area contributed by atoms with Crippen molar-refractivity contribution in [3.8, 4) is 0 Å². The minimum atomic E-state index is -4.14. The molecule has 7 nitrogen and oxygen atoms in total. The molecule has 4 rings (SSSR count). The van der Waals surface area contributed by atoms with E-state index < -0.39 is 22.0 Å². The molecule has 1 aliphatic carbocycles. The largest absolute Gasteiger partial charge is 0.480 e. The third-order valence-corrected chi connectivity index (χ3v) is 6.59. The number of nitrogens with one attached hydrogen (secondary N) is 1. The number of carboxylic acid groups (broad SMARTS) is 1. The third-order valence-electron chi connectivity index (χ3n) is 4.78. The predicted molar refractivity (Wildman–Crippen MR) is 98.2 cm³/mol. The molecule has 8 heteroatoms. The molecule has 1 fully saturated rings. The third kappa shape index (κ3) is 3.16. The van der Waals surface area contributed by atoms with Crippen LogP contribution in [0.2, 0.25) is 0 Å². The fourth-order valence-corrected chi connectivity index (χ4v) is 4.94. The number of fused-ring (bicyclic) bond motifs is 1. The average molecular weight is 386 g/mol. The molecule has 2 aromatic rings. The van der Waals surface area contributed by atoms with Gasteiger partial charge in [-0.3, -0.25) is 9.10 Å². The van der Waals surface area contributed by atoms with Crippen molar-refractivity contribution in [3.05, 3.63) is 59.7 Å². The van der Waals surface area contributed by atoms with E-state index in [1.807, 2.05) is 0 Å². The van der Waals surface area contributed by atoms with Crippen molar-refractivity contribution in [1.82, 2.24) is 5.32 Å². The number of anilines is 1. The molecule has 1 atom stereocenters. The van der Waals surface area contributed by atoms with E-state index in [1.54, 1.807) is 30.3 Å². The lowest BCUT2D eigenvalue weighted by Crippen LogP contribution is -2.42. The van der Waals surface area contributed by atoms with Crippen LogP contribution in [0.3, 0.4) is 0 Å². The molecule has 1 aliphatic heterocycles. The molecule has 0 radical (unpaired) electrons. The molecule has 0 bridgehead atoms. The van der Waals surface area contributed by atoms with Crippen LogP contribution in [-0.4, -0.2) is 37.5 Å². The number of para-hydroxylation sites is 1. The molecule has 140 valence electrons. The first-order valence-electron chi connectivity index (χ1n) is 8.64. The van der Waals surface area contributed by atoms with Crippen molar-refractivity contribution in [2.24, 2.45) is 0 Å². The quantitative estimate of drug-likeness (QED) is 0.815. The highest BCUT2D eigenvalue weighted by molar-refractivity contribution is 7.93. The molecule has 1 amide bonds. The number of hydrogen-bond donors (Lipinski definition) is 2. The monoisotopic (exact) mass is 386 g/mol. The maximum absolute atomic E-state index is 13.3. The van der Waals surface area contributed by atoms with Gasteiger partial charge >= 0.3 is 5.97 Å². The lowest BCUT2D eigenvalue weighted by atomic mass is 10.1. The number of aliphatic carboxylic acids is 1. The second kappa shape index (κ2) is 6.38. The molecule has 0 saturated heterocycles. The van der Waals surface area contributed by atoms with Crippen LogP contribution in [0.5, 0.6) is 0 Å². The summed E-state index contributed by atoms with van der Waals surface area (Å²) in [5, 5.41) is 12.4. The van der Waals surface area contributed by atoms with Crippen LogP contribution in [-0.2, 0) is 21.2 Å². The number of carboxylic acids is 1. The van der Waals surface area contributed by atoms with Gasteiger partial charge in [0, 0.05) is 18.0 Å². The number of benzene rings is 2. The molecule has 2 aliphatic rings. The van der Waals surface area contributed by atoms with Crippen LogP contribution < -0.4 is 9.62 Å². The number of carbonyl (C=O) groups excluding carboxylic acids is 1. The smallest absolute Gasteiger partial charge is 0.327 e. The highest BCUT2D eigenvalue weighted by Crippen LogP contribution is 2.37. The fourth-order valence-electron chi connectivity index (χ4n) is 3.25. The van der Waals surface area contributed by atoms with Crippen molar-refractivity contribution < 1.29 is 23.1 Å². The van der Waals surface area contributed by atoms with E-state index in [4.69, 9.17) is 0 Å². The Bertz CT molecular complexity index is 1030. The summed E-state index contributed by atoms with van der Waals surface area (Å²) in [4.78, 5) is 23.8. The number of nitrogens with zero attached hydrogens (tertiary/aromatic N) is 1. The summed E-state index contributed by atoms with van der Waals surface area (Å²) in [5.74, 6) is -1.54. The first kappa shape index (κ1) is 17.5. The number of hydrogen-bond acceptors (Lipinski definition) is 4. The van der Waals surface area contributed by atoms with E-state index in [-0.39, 0.29) is 28.8 Å². The topological polar surface area (TPSA) is 104 Å². The van der Waals surface area contributed by atoms with Gasteiger partial charge in [-0.05, 0) is 42.7 Å². The van der Waals surface area contributed by atoms with Crippen molar-refractivity contribution in [3.63, 3.8) is 0 Å². The Labute approximate surface area is 156 Å². The Balaban J connectivity index is 1.74. The first-order valence-corrected chi connectivity index (χ1v) is 10.1. The van der Waals surface area contributed by atoms with E-state index in [1.165, 1.54) is 18.2 Å². The maximum atomic E-state index is 13.3. The molecular formula is C19H18N2O5S. The zero-order valence-corrected chi connectivity index (χ0v) is 15.1. The predicted octanol–water partition coefficient (Wildman–Crippen LogP) is 1.78. The van der Waals surface area contributed by atoms with Gasteiger partial charge in [0.2, 0.25) is 0 Å². The van der Waals surface area contributed by atoms with Crippen LogP contribution in [0.1, 0.15) is 28.8 Å². The highest BCUT2D eigenvalue weighted by atomic mass is 32.2. The summed E-state index contributed by atoms with van der Waals surface area (Å²) in [5.41, 5.74) is 1.26. The van der Waals surface area contributed by atoms with Gasteiger partial charge in [-0.15, -0.1) is 0 Å². The summed E-state index contributed by atoms with van der Waals surface area (Å²) in [6.45, 7) is 0. The fraction of sp³-hybridized carbons (Fsp3) is 0.263. The standard InChI is InChI=1S/C19H18N2O5S/c22-18(20-14-8-9-14)13-5-3-6-15(10-13)27(25,26)21-16-7-2-1-4-12(16)11-17(21)19(23)24/h1-7,10,14,17H,8-9,11H2,(H,20,22)(H,23,24)/t17-/m0/s1. The van der Waals surface area contributed by atoms with Crippen LogP contribution in [0.25, 0.3) is 0 Å². The maximum Gasteiger partial charge on any atom is 0.327 e. The van der Waals surface area contributed by atoms with Gasteiger partial charge in [0.05, 0.1) is 10.6 Å². The van der Waals surface area contributed by atoms with E-state index in [2.05, 4.69) is 5.32 Å². The Kier molecular flexibility index (Phi) is 4.15. The molecule has 2 N–H and O–H groups in total. The number of rotatable bonds is 5. The molecule has 0 aromatic heterocycles. The molecule has 2 aromatic carbocycles. The second-order valence-corrected chi connectivity index (χ2v) is 8.58. The van der Waals surface area contributed by atoms with Crippen molar-refractivity contribution >= 4 is 27.6 Å². The normalized spacial score (nSPS) is 18.8. The van der Waals surface area contributed by atoms with Crippen LogP contribution >= 0.6 is 0 Å². The Morgan fingerprint density at radius 2 is 1.81 bits per heavy atom. The number of amides is 1. The Morgan fingerprint density at radius 1 is 1.07 bits per heavy atom. The second-order valence-electron chi connectivity index (χ2n) is 6.76. The van der Waals surface area contributed by atoms with E-state index in [9.17, 15) is 23.1 Å². The SMILES string of the molecule is O=C(NC1CC1)c1cccc(S(=O)(=O)N2c3ccccc3C[C@H]2C(=O)O)c1. The lowest BCUT2D eigenvalue weighted by molar-refractivity contribution is -0.138. The van der Waals surface area contributed by atoms with Crippen molar-refractivity contribution in [2.45, 2.75) is 36.2 Å². The van der Waals surface area contributed by atoms with Crippen LogP contribution in [0, 0.1) is 0 Å². The Morgan fingerprint density at radius 3 is 2.52 bits per heavy atom. The molecule has 1 heterocycles. The van der Waals surface area contributed by atoms with Crippen molar-refractivity contribution in [1.29, 1.82) is 0 Å². The minimum Gasteiger partial charge on any atom is -0.480 e. The van der Waals surface area contributed by atoms with Crippen LogP contribution in [0.4, 0.5) is 5.69 Å². The molecule has 0 spiro atoms. The number of sulfonamides is 1. The summed E-state index contributed by atoms with van der Waals surface area (Å²) in [6.07, 6.45) is 1.95. The molecule has 0 unspecified atom stereocenters. The van der Waals surface area contributed by atoms with Crippen molar-refractivity contribution in [2.75, 3.05) is 4.31 Å². The van der Waals surface area contributed by atoms with Crippen LogP contribution in [0.15, 0.2) is 53.4 Å². The summed E-state index contributed by atoms with van der Waals surface area (Å²) in [7, 11) is -4.14. The van der Waals surface area contributed by atoms with E-state index in [0.29, 0.717) is 11.3 Å². The van der Waals surface area contributed by atoms with Gasteiger partial charge in [0.25, 0.3) is 15.9 Å². The van der Waals surface area contributed by atoms with Gasteiger partial charge in [-0.2, -0.15) is 0 Å². The summed E-state index contributed by atoms with van der Waals surface area (Å²) < 4.78 is 27.5. The first-order chi connectivity index (χ1) is 12.9. The van der Waals surface area contributed by atoms with Gasteiger partial charge in [-0.25, -0.2) is 13.2 Å².